The molecular formula is C17H18N4O. The molecule has 22 heavy (non-hydrogen) atoms. The Kier molecular flexibility index (Phi) is 3.78. The van der Waals surface area contributed by atoms with Gasteiger partial charge in [-0.25, -0.2) is 0 Å². The first-order valence-electron chi connectivity index (χ1n) is 7.21. The molecule has 0 saturated carbocycles. The number of anilines is 1. The molecule has 2 aromatic carbocycles. The number of nitrogens with two attached hydrogens (primary N) is 1. The van der Waals surface area contributed by atoms with E-state index in [-0.39, 0.29) is 0 Å². The van der Waals surface area contributed by atoms with Gasteiger partial charge in [0.15, 0.2) is 5.82 Å². The lowest BCUT2D eigenvalue weighted by molar-refractivity contribution is 0.338. The van der Waals surface area contributed by atoms with E-state index in [9.17, 15) is 0 Å². The molecule has 0 bridgehead atoms. The van der Waals surface area contributed by atoms with Crippen molar-refractivity contribution in [2.45, 2.75) is 13.8 Å². The van der Waals surface area contributed by atoms with E-state index in [1.165, 1.54) is 5.56 Å². The van der Waals surface area contributed by atoms with Gasteiger partial charge in [0, 0.05) is 5.56 Å². The molecule has 0 saturated heterocycles. The molecule has 0 unspecified atom stereocenters. The Labute approximate surface area is 129 Å². The highest BCUT2D eigenvalue weighted by molar-refractivity contribution is 5.71. The largest absolute Gasteiger partial charge is 0.492 e. The van der Waals surface area contributed by atoms with Crippen LogP contribution in [0.2, 0.25) is 0 Å². The maximum Gasteiger partial charge on any atom is 0.156 e. The van der Waals surface area contributed by atoms with Crippen molar-refractivity contribution in [3.63, 3.8) is 0 Å². The van der Waals surface area contributed by atoms with Crippen LogP contribution in [0.1, 0.15) is 12.5 Å². The number of nitrogen functional groups attached to an aromatic ring is 1. The Morgan fingerprint density at radius 3 is 2.55 bits per heavy atom. The topological polar surface area (TPSA) is 66.0 Å². The normalized spacial score (nSPS) is 10.6. The minimum Gasteiger partial charge on any atom is -0.492 e. The molecule has 0 fully saturated rings. The van der Waals surface area contributed by atoms with Crippen LogP contribution in [0.3, 0.4) is 0 Å². The standard InChI is InChI=1S/C17H18N4O/c1-3-22-15-7-5-4-6-14(15)21-17(18)16(19-20-21)13-10-8-12(2)9-11-13/h4-11H,3,18H2,1-2H3. The van der Waals surface area contributed by atoms with E-state index in [1.807, 2.05) is 62.4 Å². The Morgan fingerprint density at radius 1 is 1.09 bits per heavy atom. The van der Waals surface area contributed by atoms with Crippen molar-refractivity contribution in [1.29, 1.82) is 0 Å². The summed E-state index contributed by atoms with van der Waals surface area (Å²) in [5.41, 5.74) is 9.85. The third-order valence-electron chi connectivity index (χ3n) is 3.42. The minimum atomic E-state index is 0.496. The van der Waals surface area contributed by atoms with Crippen molar-refractivity contribution in [2.75, 3.05) is 12.3 Å². The maximum atomic E-state index is 6.25. The molecule has 0 amide bonds. The van der Waals surface area contributed by atoms with Crippen LogP contribution in [0, 0.1) is 6.92 Å². The monoisotopic (exact) mass is 294 g/mol. The van der Waals surface area contributed by atoms with Gasteiger partial charge < -0.3 is 10.5 Å². The van der Waals surface area contributed by atoms with Crippen molar-refractivity contribution in [3.8, 4) is 22.7 Å². The summed E-state index contributed by atoms with van der Waals surface area (Å²) in [6.07, 6.45) is 0. The van der Waals surface area contributed by atoms with Gasteiger partial charge in [-0.05, 0) is 26.0 Å². The second kappa shape index (κ2) is 5.89. The van der Waals surface area contributed by atoms with Crippen molar-refractivity contribution in [1.82, 2.24) is 15.0 Å². The fraction of sp³-hybridized carbons (Fsp3) is 0.176. The van der Waals surface area contributed by atoms with Crippen LogP contribution in [0.5, 0.6) is 5.75 Å². The summed E-state index contributed by atoms with van der Waals surface area (Å²) in [5, 5.41) is 8.42. The highest BCUT2D eigenvalue weighted by Crippen LogP contribution is 2.29. The van der Waals surface area contributed by atoms with Crippen molar-refractivity contribution in [2.24, 2.45) is 0 Å². The number of nitrogens with zero attached hydrogens (tertiary/aromatic N) is 3. The van der Waals surface area contributed by atoms with Gasteiger partial charge >= 0.3 is 0 Å². The highest BCUT2D eigenvalue weighted by atomic mass is 16.5. The molecule has 112 valence electrons. The minimum absolute atomic E-state index is 0.496. The van der Waals surface area contributed by atoms with Gasteiger partial charge in [-0.15, -0.1) is 5.10 Å². The predicted octanol–water partition coefficient (Wildman–Crippen LogP) is 3.22. The summed E-state index contributed by atoms with van der Waals surface area (Å²) < 4.78 is 7.24. The summed E-state index contributed by atoms with van der Waals surface area (Å²) >= 11 is 0. The molecule has 0 aliphatic heterocycles. The smallest absolute Gasteiger partial charge is 0.156 e. The summed E-state index contributed by atoms with van der Waals surface area (Å²) in [4.78, 5) is 0. The molecule has 0 aliphatic rings. The summed E-state index contributed by atoms with van der Waals surface area (Å²) in [5.74, 6) is 1.23. The van der Waals surface area contributed by atoms with Gasteiger partial charge in [0.05, 0.1) is 6.61 Å². The lowest BCUT2D eigenvalue weighted by Gasteiger charge is -2.10. The van der Waals surface area contributed by atoms with Crippen LogP contribution < -0.4 is 10.5 Å². The van der Waals surface area contributed by atoms with Crippen LogP contribution in [0.15, 0.2) is 48.5 Å². The van der Waals surface area contributed by atoms with E-state index in [1.54, 1.807) is 4.68 Å². The average molecular weight is 294 g/mol. The summed E-state index contributed by atoms with van der Waals surface area (Å²) in [6, 6.07) is 15.7. The van der Waals surface area contributed by atoms with Crippen LogP contribution in [-0.4, -0.2) is 21.6 Å². The molecular weight excluding hydrogens is 276 g/mol. The average Bonchev–Trinajstić information content (AvgIpc) is 2.91. The third-order valence-corrected chi connectivity index (χ3v) is 3.42. The van der Waals surface area contributed by atoms with E-state index < -0.39 is 0 Å². The summed E-state index contributed by atoms with van der Waals surface area (Å²) in [7, 11) is 0. The van der Waals surface area contributed by atoms with E-state index in [2.05, 4.69) is 10.3 Å². The molecule has 3 rings (SSSR count). The van der Waals surface area contributed by atoms with E-state index in [0.717, 1.165) is 17.0 Å². The zero-order valence-electron chi connectivity index (χ0n) is 12.7. The molecule has 0 aliphatic carbocycles. The first-order chi connectivity index (χ1) is 10.7. The SMILES string of the molecule is CCOc1ccccc1-n1nnc(-c2ccc(C)cc2)c1N. The molecule has 1 aromatic heterocycles. The number of rotatable bonds is 4. The number of aromatic nitrogens is 3. The number of hydrogen-bond acceptors (Lipinski definition) is 4. The lowest BCUT2D eigenvalue weighted by Crippen LogP contribution is -2.05. The van der Waals surface area contributed by atoms with Crippen LogP contribution in [-0.2, 0) is 0 Å². The Balaban J connectivity index is 2.06. The molecule has 0 spiro atoms. The second-order valence-corrected chi connectivity index (χ2v) is 5.00. The first-order valence-corrected chi connectivity index (χ1v) is 7.21. The van der Waals surface area contributed by atoms with Crippen LogP contribution in [0.4, 0.5) is 5.82 Å². The highest BCUT2D eigenvalue weighted by Gasteiger charge is 2.15. The number of para-hydroxylation sites is 2. The fourth-order valence-corrected chi connectivity index (χ4v) is 2.29. The van der Waals surface area contributed by atoms with Gasteiger partial charge in [0.1, 0.15) is 17.1 Å². The zero-order chi connectivity index (χ0) is 15.5. The summed E-state index contributed by atoms with van der Waals surface area (Å²) in [6.45, 7) is 4.57. The van der Waals surface area contributed by atoms with Crippen LogP contribution in [0.25, 0.3) is 16.9 Å². The number of ether oxygens (including phenoxy) is 1. The van der Waals surface area contributed by atoms with Crippen molar-refractivity contribution >= 4 is 5.82 Å². The van der Waals surface area contributed by atoms with Gasteiger partial charge in [-0.3, -0.25) is 0 Å². The molecule has 3 aromatic rings. The second-order valence-electron chi connectivity index (χ2n) is 5.00. The number of hydrogen-bond donors (Lipinski definition) is 1. The molecule has 5 nitrogen and oxygen atoms in total. The van der Waals surface area contributed by atoms with Crippen LogP contribution >= 0.6 is 0 Å². The first kappa shape index (κ1) is 14.1. The molecule has 1 heterocycles. The predicted molar refractivity (Wildman–Crippen MR) is 87.1 cm³/mol. The van der Waals surface area contributed by atoms with Gasteiger partial charge in [-0.1, -0.05) is 47.2 Å². The van der Waals surface area contributed by atoms with E-state index in [4.69, 9.17) is 10.5 Å². The van der Waals surface area contributed by atoms with Gasteiger partial charge in [0.25, 0.3) is 0 Å². The van der Waals surface area contributed by atoms with Crippen molar-refractivity contribution in [3.05, 3.63) is 54.1 Å². The lowest BCUT2D eigenvalue weighted by atomic mass is 10.1. The molecule has 5 heteroatoms. The Morgan fingerprint density at radius 2 is 1.82 bits per heavy atom. The van der Waals surface area contributed by atoms with E-state index in [0.29, 0.717) is 18.1 Å². The molecule has 0 radical (unpaired) electrons. The van der Waals surface area contributed by atoms with E-state index >= 15 is 0 Å². The Hall–Kier alpha value is -2.82. The molecule has 0 atom stereocenters. The van der Waals surface area contributed by atoms with Gasteiger partial charge in [-0.2, -0.15) is 4.68 Å². The number of benzene rings is 2. The quantitative estimate of drug-likeness (QED) is 0.802. The molecule has 2 N–H and O–H groups in total. The third kappa shape index (κ3) is 2.53. The number of aryl methyl sites for hydroxylation is 1. The van der Waals surface area contributed by atoms with Gasteiger partial charge in [0.2, 0.25) is 0 Å². The maximum absolute atomic E-state index is 6.25. The van der Waals surface area contributed by atoms with Crippen molar-refractivity contribution < 1.29 is 4.74 Å². The zero-order valence-corrected chi connectivity index (χ0v) is 12.7. The Bertz CT molecular complexity index is 778. The fourth-order valence-electron chi connectivity index (χ4n) is 2.29.